The Hall–Kier alpha value is -1.10. The highest BCUT2D eigenvalue weighted by molar-refractivity contribution is 6.32. The Morgan fingerprint density at radius 1 is 1.33 bits per heavy atom. The molecule has 0 bridgehead atoms. The molecule has 2 unspecified atom stereocenters. The molecule has 2 atom stereocenters. The fourth-order valence-electron chi connectivity index (χ4n) is 1.45. The van der Waals surface area contributed by atoms with Crippen LogP contribution in [0.2, 0.25) is 5.02 Å². The lowest BCUT2D eigenvalue weighted by Crippen LogP contribution is -2.41. The van der Waals surface area contributed by atoms with Gasteiger partial charge in [-0.2, -0.15) is 0 Å². The van der Waals surface area contributed by atoms with Crippen molar-refractivity contribution in [1.82, 2.24) is 0 Å². The molecule has 0 radical (unpaired) electrons. The van der Waals surface area contributed by atoms with E-state index in [1.165, 1.54) is 6.07 Å². The van der Waals surface area contributed by atoms with Crippen molar-refractivity contribution in [2.45, 2.75) is 11.2 Å². The Labute approximate surface area is 112 Å². The lowest BCUT2D eigenvalue weighted by molar-refractivity contribution is 0.0641. The van der Waals surface area contributed by atoms with Gasteiger partial charge in [0.2, 0.25) is 5.06 Å². The van der Waals surface area contributed by atoms with Crippen molar-refractivity contribution in [2.75, 3.05) is 0 Å². The molecule has 1 aliphatic carbocycles. The number of hydrogen-bond acceptors (Lipinski definition) is 2. The number of aliphatic hydroxyl groups is 1. The van der Waals surface area contributed by atoms with Crippen LogP contribution < -0.4 is 4.74 Å². The van der Waals surface area contributed by atoms with Crippen LogP contribution in [-0.2, 0) is 0 Å². The molecule has 1 aliphatic rings. The van der Waals surface area contributed by atoms with Crippen LogP contribution in [0.5, 0.6) is 5.75 Å². The van der Waals surface area contributed by atoms with Crippen LogP contribution in [0, 0.1) is 5.82 Å². The molecule has 0 spiro atoms. The van der Waals surface area contributed by atoms with Gasteiger partial charge in [0.05, 0.1) is 5.02 Å². The Balaban J connectivity index is 2.30. The zero-order valence-electron chi connectivity index (χ0n) is 8.91. The van der Waals surface area contributed by atoms with Crippen LogP contribution in [0.25, 0.3) is 0 Å². The van der Waals surface area contributed by atoms with E-state index in [0.717, 1.165) is 30.4 Å². The summed E-state index contributed by atoms with van der Waals surface area (Å²) < 4.78 is 31.2. The molecule has 1 aromatic carbocycles. The van der Waals surface area contributed by atoms with Crippen LogP contribution in [-0.4, -0.2) is 16.3 Å². The lowest BCUT2D eigenvalue weighted by atomic mass is 10.1. The second-order valence-corrected chi connectivity index (χ2v) is 4.71. The van der Waals surface area contributed by atoms with Crippen LogP contribution in [0.1, 0.15) is 0 Å². The van der Waals surface area contributed by atoms with Crippen molar-refractivity contribution >= 4 is 23.2 Å². The van der Waals surface area contributed by atoms with Crippen molar-refractivity contribution in [3.63, 3.8) is 0 Å². The maximum Gasteiger partial charge on any atom is 0.233 e. The van der Waals surface area contributed by atoms with E-state index in [1.54, 1.807) is 0 Å². The molecule has 2 rings (SSSR count). The highest BCUT2D eigenvalue weighted by Gasteiger charge is 2.38. The number of alkyl halides is 1. The minimum atomic E-state index is -1.81. The predicted molar refractivity (Wildman–Crippen MR) is 65.0 cm³/mol. The number of halogens is 4. The minimum absolute atomic E-state index is 0.0226. The molecule has 0 aliphatic heterocycles. The monoisotopic (exact) mass is 292 g/mol. The van der Waals surface area contributed by atoms with Gasteiger partial charge in [-0.25, -0.2) is 8.78 Å². The standard InChI is InChI=1S/C12H8Cl2F2O2/c13-9-5-7(15)1-3-10(9)18-12(14)6-8(16)2-4-11(12)17/h1-6,11,17H. The van der Waals surface area contributed by atoms with E-state index < -0.39 is 22.8 Å². The summed E-state index contributed by atoms with van der Waals surface area (Å²) in [4.78, 5) is 0. The molecule has 0 saturated heterocycles. The highest BCUT2D eigenvalue weighted by Crippen LogP contribution is 2.35. The second-order valence-electron chi connectivity index (χ2n) is 3.71. The summed E-state index contributed by atoms with van der Waals surface area (Å²) in [5.41, 5.74) is 0. The van der Waals surface area contributed by atoms with E-state index in [4.69, 9.17) is 27.9 Å². The van der Waals surface area contributed by atoms with Crippen LogP contribution in [0.15, 0.2) is 42.3 Å². The highest BCUT2D eigenvalue weighted by atomic mass is 35.5. The summed E-state index contributed by atoms with van der Waals surface area (Å²) in [6.45, 7) is 0. The first-order valence-electron chi connectivity index (χ1n) is 4.98. The third kappa shape index (κ3) is 2.66. The first-order valence-corrected chi connectivity index (χ1v) is 5.74. The third-order valence-electron chi connectivity index (χ3n) is 2.34. The molecule has 0 heterocycles. The van der Waals surface area contributed by atoms with E-state index in [9.17, 15) is 13.9 Å². The van der Waals surface area contributed by atoms with Gasteiger partial charge in [0, 0.05) is 6.08 Å². The molecule has 1 aromatic rings. The fourth-order valence-corrected chi connectivity index (χ4v) is 1.92. The smallest absolute Gasteiger partial charge is 0.233 e. The molecule has 18 heavy (non-hydrogen) atoms. The van der Waals surface area contributed by atoms with E-state index >= 15 is 0 Å². The number of rotatable bonds is 2. The van der Waals surface area contributed by atoms with Crippen molar-refractivity contribution in [1.29, 1.82) is 0 Å². The maximum atomic E-state index is 13.1. The molecule has 0 amide bonds. The Kier molecular flexibility index (Phi) is 3.61. The van der Waals surface area contributed by atoms with Crippen LogP contribution in [0.3, 0.4) is 0 Å². The average molecular weight is 293 g/mol. The Morgan fingerprint density at radius 2 is 2.06 bits per heavy atom. The molecule has 0 fully saturated rings. The average Bonchev–Trinajstić information content (AvgIpc) is 2.28. The predicted octanol–water partition coefficient (Wildman–Crippen LogP) is 3.58. The zero-order chi connectivity index (χ0) is 13.3. The largest absolute Gasteiger partial charge is 0.464 e. The molecule has 2 nitrogen and oxygen atoms in total. The Morgan fingerprint density at radius 3 is 2.72 bits per heavy atom. The SMILES string of the molecule is OC1C=CC(F)=CC1(Cl)Oc1ccc(F)cc1Cl. The van der Waals surface area contributed by atoms with Crippen molar-refractivity contribution in [3.05, 3.63) is 53.1 Å². The van der Waals surface area contributed by atoms with E-state index in [0.29, 0.717) is 0 Å². The third-order valence-corrected chi connectivity index (χ3v) is 3.04. The van der Waals surface area contributed by atoms with Crippen molar-refractivity contribution < 1.29 is 18.6 Å². The molecule has 96 valence electrons. The van der Waals surface area contributed by atoms with Gasteiger partial charge in [-0.05, 0) is 30.4 Å². The van der Waals surface area contributed by atoms with Gasteiger partial charge in [-0.15, -0.1) is 0 Å². The molecule has 1 N–H and O–H groups in total. The summed E-state index contributed by atoms with van der Waals surface area (Å²) >= 11 is 11.7. The molecule has 0 aromatic heterocycles. The summed E-state index contributed by atoms with van der Waals surface area (Å²) in [6, 6.07) is 3.40. The normalized spacial score (nSPS) is 26.9. The number of benzene rings is 1. The van der Waals surface area contributed by atoms with Gasteiger partial charge < -0.3 is 9.84 Å². The van der Waals surface area contributed by atoms with E-state index in [1.807, 2.05) is 0 Å². The zero-order valence-corrected chi connectivity index (χ0v) is 10.4. The number of allylic oxidation sites excluding steroid dienone is 2. The van der Waals surface area contributed by atoms with E-state index in [2.05, 4.69) is 0 Å². The summed E-state index contributed by atoms with van der Waals surface area (Å²) in [5.74, 6) is -1.14. The first-order chi connectivity index (χ1) is 8.40. The summed E-state index contributed by atoms with van der Waals surface area (Å²) in [6.07, 6.45) is 1.89. The van der Waals surface area contributed by atoms with Gasteiger partial charge in [0.25, 0.3) is 0 Å². The van der Waals surface area contributed by atoms with Gasteiger partial charge in [-0.3, -0.25) is 0 Å². The number of ether oxygens (including phenoxy) is 1. The van der Waals surface area contributed by atoms with Crippen LogP contribution >= 0.6 is 23.2 Å². The van der Waals surface area contributed by atoms with Gasteiger partial charge >= 0.3 is 0 Å². The molecule has 6 heteroatoms. The number of aliphatic hydroxyl groups excluding tert-OH is 1. The van der Waals surface area contributed by atoms with Crippen molar-refractivity contribution in [2.24, 2.45) is 0 Å². The lowest BCUT2D eigenvalue weighted by Gasteiger charge is -2.30. The quantitative estimate of drug-likeness (QED) is 0.845. The molecule has 0 saturated carbocycles. The maximum absolute atomic E-state index is 13.1. The summed E-state index contributed by atoms with van der Waals surface area (Å²) in [5, 5.41) is 7.85. The van der Waals surface area contributed by atoms with Gasteiger partial charge in [0.15, 0.2) is 0 Å². The first kappa shape index (κ1) is 13.3. The second kappa shape index (κ2) is 4.88. The van der Waals surface area contributed by atoms with Crippen molar-refractivity contribution in [3.8, 4) is 5.75 Å². The summed E-state index contributed by atoms with van der Waals surface area (Å²) in [7, 11) is 0. The molecular formula is C12H8Cl2F2O2. The Bertz CT molecular complexity index is 531. The van der Waals surface area contributed by atoms with Gasteiger partial charge in [-0.1, -0.05) is 23.2 Å². The topological polar surface area (TPSA) is 29.5 Å². The number of hydrogen-bond donors (Lipinski definition) is 1. The van der Waals surface area contributed by atoms with Crippen LogP contribution in [0.4, 0.5) is 8.78 Å². The molecular weight excluding hydrogens is 285 g/mol. The van der Waals surface area contributed by atoms with Gasteiger partial charge in [0.1, 0.15) is 23.5 Å². The van der Waals surface area contributed by atoms with E-state index in [-0.39, 0.29) is 10.8 Å². The minimum Gasteiger partial charge on any atom is -0.464 e. The fraction of sp³-hybridized carbons (Fsp3) is 0.167.